The molecule has 0 saturated heterocycles. The zero-order valence-electron chi connectivity index (χ0n) is 7.50. The summed E-state index contributed by atoms with van der Waals surface area (Å²) in [6, 6.07) is 2.90. The van der Waals surface area contributed by atoms with E-state index in [1.54, 1.807) is 0 Å². The zero-order valence-corrected chi connectivity index (χ0v) is 12.2. The predicted molar refractivity (Wildman–Crippen MR) is 68.1 cm³/mol. The van der Waals surface area contributed by atoms with Crippen LogP contribution in [0.3, 0.4) is 0 Å². The average Bonchev–Trinajstić information content (AvgIpc) is 1.97. The molecule has 0 nitrogen and oxygen atoms in total. The van der Waals surface area contributed by atoms with Crippen LogP contribution in [0, 0.1) is 0 Å². The van der Waals surface area contributed by atoms with E-state index < -0.39 is 4.19 Å². The number of rotatable bonds is 6. The predicted octanol–water partition coefficient (Wildman–Crippen LogP) is 4.86. The molecule has 0 unspecified atom stereocenters. The van der Waals surface area contributed by atoms with Gasteiger partial charge in [0.15, 0.2) is 4.19 Å². The molecule has 0 amide bonds. The maximum absolute atomic E-state index is 3.91. The topological polar surface area (TPSA) is 0 Å². The van der Waals surface area contributed by atoms with Gasteiger partial charge >= 0.3 is 0 Å². The van der Waals surface area contributed by atoms with Gasteiger partial charge in [0, 0.05) is 0 Å². The minimum atomic E-state index is -0.963. The maximum Gasteiger partial charge on any atom is 0.196 e. The summed E-state index contributed by atoms with van der Waals surface area (Å²) in [7, 11) is 0. The first-order valence-electron chi connectivity index (χ1n) is 4.50. The molecule has 0 rings (SSSR count). The highest BCUT2D eigenvalue weighted by Gasteiger charge is 2.23. The van der Waals surface area contributed by atoms with Gasteiger partial charge in [0.05, 0.1) is 0 Å². The SMILES string of the molecule is CCCC[Si](Br)(I)CCCC. The van der Waals surface area contributed by atoms with Gasteiger partial charge in [-0.1, -0.05) is 39.5 Å². The third kappa shape index (κ3) is 7.78. The van der Waals surface area contributed by atoms with Crippen molar-refractivity contribution in [1.29, 1.82) is 0 Å². The van der Waals surface area contributed by atoms with Crippen molar-refractivity contribution in [3.05, 3.63) is 0 Å². The fraction of sp³-hybridized carbons (Fsp3) is 1.00. The molecule has 0 aromatic carbocycles. The van der Waals surface area contributed by atoms with Crippen LogP contribution in [0.25, 0.3) is 0 Å². The van der Waals surface area contributed by atoms with Crippen molar-refractivity contribution in [2.75, 3.05) is 0 Å². The molecule has 0 spiro atoms. The third-order valence-corrected chi connectivity index (χ3v) is 9.58. The minimum Gasteiger partial charge on any atom is -0.112 e. The molecule has 0 bridgehead atoms. The molecule has 3 heteroatoms. The Labute approximate surface area is 92.3 Å². The number of hydrogen-bond donors (Lipinski definition) is 0. The van der Waals surface area contributed by atoms with Crippen molar-refractivity contribution < 1.29 is 0 Å². The Hall–Kier alpha value is 1.43. The molecule has 11 heavy (non-hydrogen) atoms. The third-order valence-electron chi connectivity index (χ3n) is 1.79. The molecule has 0 heterocycles. The van der Waals surface area contributed by atoms with Crippen molar-refractivity contribution >= 4 is 41.3 Å². The van der Waals surface area contributed by atoms with Gasteiger partial charge in [-0.25, -0.2) is 0 Å². The molecule has 0 aliphatic rings. The molecule has 0 N–H and O–H groups in total. The Bertz CT molecular complexity index is 86.1. The van der Waals surface area contributed by atoms with Crippen molar-refractivity contribution in [3.8, 4) is 0 Å². The van der Waals surface area contributed by atoms with Crippen molar-refractivity contribution in [1.82, 2.24) is 0 Å². The van der Waals surface area contributed by atoms with Gasteiger partial charge < -0.3 is 0 Å². The van der Waals surface area contributed by atoms with E-state index in [1.165, 1.54) is 37.8 Å². The Morgan fingerprint density at radius 1 is 1.09 bits per heavy atom. The lowest BCUT2D eigenvalue weighted by atomic mass is 10.4. The highest BCUT2D eigenvalue weighted by Crippen LogP contribution is 2.33. The van der Waals surface area contributed by atoms with Gasteiger partial charge in [0.25, 0.3) is 0 Å². The highest BCUT2D eigenvalue weighted by molar-refractivity contribution is 14.1. The molecule has 0 saturated carbocycles. The fourth-order valence-corrected chi connectivity index (χ4v) is 6.96. The molecule has 68 valence electrons. The van der Waals surface area contributed by atoms with Crippen molar-refractivity contribution in [2.45, 2.75) is 51.6 Å². The van der Waals surface area contributed by atoms with E-state index in [9.17, 15) is 0 Å². The molecule has 0 atom stereocenters. The smallest absolute Gasteiger partial charge is 0.112 e. The molecule has 0 aliphatic heterocycles. The Balaban J connectivity index is 3.43. The van der Waals surface area contributed by atoms with E-state index in [0.717, 1.165) is 0 Å². The van der Waals surface area contributed by atoms with Gasteiger partial charge in [-0.05, 0) is 12.1 Å². The molecule has 0 radical (unpaired) electrons. The summed E-state index contributed by atoms with van der Waals surface area (Å²) >= 11 is 6.59. The number of hydrogen-bond acceptors (Lipinski definition) is 0. The highest BCUT2D eigenvalue weighted by atomic mass is 127. The molecular weight excluding hydrogens is 331 g/mol. The van der Waals surface area contributed by atoms with Gasteiger partial charge in [-0.2, -0.15) is 0 Å². The Morgan fingerprint density at radius 3 is 1.73 bits per heavy atom. The normalized spacial score (nSPS) is 12.0. The minimum absolute atomic E-state index is 0.963. The lowest BCUT2D eigenvalue weighted by Crippen LogP contribution is -2.15. The van der Waals surface area contributed by atoms with E-state index in [1.807, 2.05) is 0 Å². The summed E-state index contributed by atoms with van der Waals surface area (Å²) in [6.45, 7) is 4.54. The fourth-order valence-electron chi connectivity index (χ4n) is 0.996. The summed E-state index contributed by atoms with van der Waals surface area (Å²) < 4.78 is -0.963. The first kappa shape index (κ1) is 12.4. The molecule has 0 aliphatic carbocycles. The Kier molecular flexibility index (Phi) is 7.78. The first-order chi connectivity index (χ1) is 5.12. The maximum atomic E-state index is 3.91. The van der Waals surface area contributed by atoms with Crippen molar-refractivity contribution in [3.63, 3.8) is 0 Å². The van der Waals surface area contributed by atoms with Crippen LogP contribution in [-0.4, -0.2) is 4.19 Å². The van der Waals surface area contributed by atoms with Crippen LogP contribution >= 0.6 is 37.1 Å². The summed E-state index contributed by atoms with van der Waals surface area (Å²) in [6.07, 6.45) is 5.50. The van der Waals surface area contributed by atoms with E-state index >= 15 is 0 Å². The van der Waals surface area contributed by atoms with E-state index in [-0.39, 0.29) is 0 Å². The molecule has 0 aromatic heterocycles. The van der Waals surface area contributed by atoms with Gasteiger partial charge in [0.2, 0.25) is 0 Å². The Morgan fingerprint density at radius 2 is 1.45 bits per heavy atom. The quantitative estimate of drug-likeness (QED) is 0.365. The average molecular weight is 349 g/mol. The van der Waals surface area contributed by atoms with Crippen LogP contribution < -0.4 is 0 Å². The van der Waals surface area contributed by atoms with Crippen molar-refractivity contribution in [2.24, 2.45) is 0 Å². The van der Waals surface area contributed by atoms with E-state index in [2.05, 4.69) is 50.9 Å². The standard InChI is InChI=1S/C8H18BrISi/c1-3-5-7-11(9,10)8-6-4-2/h3-8H2,1-2H3. The largest absolute Gasteiger partial charge is 0.196 e. The second kappa shape index (κ2) is 6.89. The molecular formula is C8H18BrISi. The van der Waals surface area contributed by atoms with E-state index in [4.69, 9.17) is 0 Å². The van der Waals surface area contributed by atoms with E-state index in [0.29, 0.717) is 0 Å². The summed E-state index contributed by atoms with van der Waals surface area (Å²) in [4.78, 5) is 0. The molecule has 0 fully saturated rings. The summed E-state index contributed by atoms with van der Waals surface area (Å²) in [5.41, 5.74) is 0. The van der Waals surface area contributed by atoms with Gasteiger partial charge in [0.1, 0.15) is 0 Å². The second-order valence-electron chi connectivity index (χ2n) is 3.06. The monoisotopic (exact) mass is 348 g/mol. The van der Waals surface area contributed by atoms with Gasteiger partial charge in [-0.15, -0.1) is 37.1 Å². The zero-order chi connectivity index (χ0) is 8.74. The first-order valence-corrected chi connectivity index (χ1v) is 12.3. The number of unbranched alkanes of at least 4 members (excludes halogenated alkanes) is 2. The summed E-state index contributed by atoms with van der Waals surface area (Å²) in [5.74, 6) is 0. The summed E-state index contributed by atoms with van der Waals surface area (Å²) in [5, 5.41) is 0. The van der Waals surface area contributed by atoms with Crippen LogP contribution in [0.15, 0.2) is 0 Å². The second-order valence-corrected chi connectivity index (χ2v) is 21.0. The molecule has 0 aromatic rings. The van der Waals surface area contributed by atoms with Crippen LogP contribution in [0.5, 0.6) is 0 Å². The van der Waals surface area contributed by atoms with Gasteiger partial charge in [-0.3, -0.25) is 0 Å². The van der Waals surface area contributed by atoms with Crippen LogP contribution in [0.2, 0.25) is 12.1 Å². The lowest BCUT2D eigenvalue weighted by molar-refractivity contribution is 0.848. The van der Waals surface area contributed by atoms with Crippen LogP contribution in [0.4, 0.5) is 0 Å². The lowest BCUT2D eigenvalue weighted by Gasteiger charge is -2.16. The van der Waals surface area contributed by atoms with Crippen LogP contribution in [0.1, 0.15) is 39.5 Å². The number of halogens is 2. The van der Waals surface area contributed by atoms with Crippen LogP contribution in [-0.2, 0) is 0 Å².